The molecule has 1 aliphatic rings. The SMILES string of the molecule is Cc1ccc2nc(-c3cncc(-c4cc(F)cc(Cl)c4)c3N3CC[C@H](N)C3)[nH]c2c1. The number of nitrogens with one attached hydrogen (secondary N) is 1. The van der Waals surface area contributed by atoms with Crippen LogP contribution in [0.2, 0.25) is 5.02 Å². The molecule has 0 amide bonds. The average molecular weight is 422 g/mol. The summed E-state index contributed by atoms with van der Waals surface area (Å²) in [7, 11) is 0. The van der Waals surface area contributed by atoms with Crippen molar-refractivity contribution in [1.29, 1.82) is 0 Å². The number of aromatic nitrogens is 3. The molecular weight excluding hydrogens is 401 g/mol. The summed E-state index contributed by atoms with van der Waals surface area (Å²) in [5.74, 6) is 0.342. The molecule has 4 aromatic rings. The number of hydrogen-bond donors (Lipinski definition) is 2. The molecule has 7 heteroatoms. The van der Waals surface area contributed by atoms with Crippen LogP contribution in [0.3, 0.4) is 0 Å². The first-order chi connectivity index (χ1) is 14.5. The summed E-state index contributed by atoms with van der Waals surface area (Å²) in [5, 5.41) is 0.346. The molecule has 0 radical (unpaired) electrons. The molecule has 1 atom stereocenters. The molecule has 2 aromatic heterocycles. The van der Waals surface area contributed by atoms with E-state index in [1.807, 2.05) is 19.1 Å². The molecule has 5 nitrogen and oxygen atoms in total. The van der Waals surface area contributed by atoms with Gasteiger partial charge in [-0.05, 0) is 54.8 Å². The number of imidazole rings is 1. The van der Waals surface area contributed by atoms with Gasteiger partial charge in [0.2, 0.25) is 0 Å². The zero-order valence-electron chi connectivity index (χ0n) is 16.5. The topological polar surface area (TPSA) is 70.8 Å². The van der Waals surface area contributed by atoms with Crippen molar-refractivity contribution < 1.29 is 4.39 Å². The van der Waals surface area contributed by atoms with Crippen LogP contribution in [-0.2, 0) is 0 Å². The molecule has 0 saturated carbocycles. The third-order valence-corrected chi connectivity index (χ3v) is 5.74. The predicted molar refractivity (Wildman–Crippen MR) is 119 cm³/mol. The van der Waals surface area contributed by atoms with E-state index in [9.17, 15) is 4.39 Å². The van der Waals surface area contributed by atoms with Crippen LogP contribution in [0.4, 0.5) is 10.1 Å². The van der Waals surface area contributed by atoms with Crippen molar-refractivity contribution in [3.63, 3.8) is 0 Å². The van der Waals surface area contributed by atoms with Crippen molar-refractivity contribution in [2.45, 2.75) is 19.4 Å². The van der Waals surface area contributed by atoms with E-state index in [2.05, 4.69) is 20.9 Å². The second kappa shape index (κ2) is 7.38. The third kappa shape index (κ3) is 3.42. The van der Waals surface area contributed by atoms with Gasteiger partial charge in [-0.3, -0.25) is 4.98 Å². The molecular formula is C23H21ClFN5. The number of nitrogens with zero attached hydrogens (tertiary/aromatic N) is 3. The van der Waals surface area contributed by atoms with E-state index in [1.54, 1.807) is 18.5 Å². The van der Waals surface area contributed by atoms with E-state index in [1.165, 1.54) is 12.1 Å². The number of pyridine rings is 1. The van der Waals surface area contributed by atoms with E-state index in [0.29, 0.717) is 17.1 Å². The molecule has 1 fully saturated rings. The second-order valence-corrected chi connectivity index (χ2v) is 8.28. The molecule has 2 aromatic carbocycles. The number of aryl methyl sites for hydroxylation is 1. The number of nitrogens with two attached hydrogens (primary N) is 1. The number of benzene rings is 2. The molecule has 0 aliphatic carbocycles. The zero-order valence-corrected chi connectivity index (χ0v) is 17.2. The van der Waals surface area contributed by atoms with E-state index in [0.717, 1.165) is 52.2 Å². The Labute approximate surface area is 178 Å². The van der Waals surface area contributed by atoms with Crippen LogP contribution in [0.25, 0.3) is 33.5 Å². The Hall–Kier alpha value is -2.96. The van der Waals surface area contributed by atoms with E-state index in [4.69, 9.17) is 22.3 Å². The molecule has 0 spiro atoms. The predicted octanol–water partition coefficient (Wildman–Crippen LogP) is 4.93. The lowest BCUT2D eigenvalue weighted by Crippen LogP contribution is -2.27. The molecule has 152 valence electrons. The summed E-state index contributed by atoms with van der Waals surface area (Å²) in [6.07, 6.45) is 4.44. The summed E-state index contributed by atoms with van der Waals surface area (Å²) in [6, 6.07) is 10.7. The number of hydrogen-bond acceptors (Lipinski definition) is 4. The van der Waals surface area contributed by atoms with E-state index < -0.39 is 0 Å². The van der Waals surface area contributed by atoms with Crippen LogP contribution in [0.1, 0.15) is 12.0 Å². The highest BCUT2D eigenvalue weighted by molar-refractivity contribution is 6.30. The van der Waals surface area contributed by atoms with Crippen LogP contribution in [-0.4, -0.2) is 34.1 Å². The fourth-order valence-electron chi connectivity index (χ4n) is 4.13. The van der Waals surface area contributed by atoms with Crippen molar-refractivity contribution in [3.05, 3.63) is 65.2 Å². The van der Waals surface area contributed by atoms with Gasteiger partial charge < -0.3 is 15.6 Å². The normalized spacial score (nSPS) is 16.5. The van der Waals surface area contributed by atoms with Gasteiger partial charge in [-0.1, -0.05) is 17.7 Å². The lowest BCUT2D eigenvalue weighted by atomic mass is 10.0. The van der Waals surface area contributed by atoms with Crippen LogP contribution in [0, 0.1) is 12.7 Å². The lowest BCUT2D eigenvalue weighted by Gasteiger charge is -2.24. The maximum Gasteiger partial charge on any atom is 0.142 e. The van der Waals surface area contributed by atoms with Crippen molar-refractivity contribution in [2.75, 3.05) is 18.0 Å². The van der Waals surface area contributed by atoms with Crippen LogP contribution in [0.15, 0.2) is 48.8 Å². The standard InChI is InChI=1S/C23H21ClFN5/c1-13-2-3-20-21(6-13)29-23(28-20)19-11-27-10-18(14-7-15(24)9-16(25)8-14)22(19)30-5-4-17(26)12-30/h2-3,6-11,17H,4-5,12,26H2,1H3,(H,28,29)/t17-/m0/s1. The number of fused-ring (bicyclic) bond motifs is 1. The minimum Gasteiger partial charge on any atom is -0.369 e. The lowest BCUT2D eigenvalue weighted by molar-refractivity contribution is 0.628. The van der Waals surface area contributed by atoms with Gasteiger partial charge in [-0.2, -0.15) is 0 Å². The highest BCUT2D eigenvalue weighted by Gasteiger charge is 2.26. The van der Waals surface area contributed by atoms with Crippen molar-refractivity contribution in [2.24, 2.45) is 5.73 Å². The van der Waals surface area contributed by atoms with Gasteiger partial charge in [0.05, 0.1) is 22.3 Å². The monoisotopic (exact) mass is 421 g/mol. The quantitative estimate of drug-likeness (QED) is 0.492. The van der Waals surface area contributed by atoms with Gasteiger partial charge in [0.25, 0.3) is 0 Å². The van der Waals surface area contributed by atoms with Crippen LogP contribution < -0.4 is 10.6 Å². The summed E-state index contributed by atoms with van der Waals surface area (Å²) < 4.78 is 14.1. The molecule has 3 heterocycles. The second-order valence-electron chi connectivity index (χ2n) is 7.84. The summed E-state index contributed by atoms with van der Waals surface area (Å²) in [6.45, 7) is 3.58. The molecule has 5 rings (SSSR count). The van der Waals surface area contributed by atoms with Crippen molar-refractivity contribution >= 4 is 28.3 Å². The van der Waals surface area contributed by atoms with Gasteiger partial charge in [-0.15, -0.1) is 0 Å². The minimum atomic E-state index is -0.383. The van der Waals surface area contributed by atoms with Gasteiger partial charge in [0.15, 0.2) is 0 Å². The fraction of sp³-hybridized carbons (Fsp3) is 0.217. The molecule has 1 saturated heterocycles. The number of aromatic amines is 1. The maximum absolute atomic E-state index is 14.1. The largest absolute Gasteiger partial charge is 0.369 e. The molecule has 3 N–H and O–H groups in total. The first-order valence-electron chi connectivity index (χ1n) is 9.89. The Balaban J connectivity index is 1.74. The fourth-order valence-corrected chi connectivity index (χ4v) is 4.35. The van der Waals surface area contributed by atoms with E-state index in [-0.39, 0.29) is 11.9 Å². The zero-order chi connectivity index (χ0) is 20.8. The highest BCUT2D eigenvalue weighted by atomic mass is 35.5. The Kier molecular flexibility index (Phi) is 4.68. The third-order valence-electron chi connectivity index (χ3n) is 5.52. The number of halogens is 2. The molecule has 0 bridgehead atoms. The van der Waals surface area contributed by atoms with Crippen LogP contribution in [0.5, 0.6) is 0 Å². The van der Waals surface area contributed by atoms with Crippen molar-refractivity contribution in [1.82, 2.24) is 15.0 Å². The first kappa shape index (κ1) is 19.0. The van der Waals surface area contributed by atoms with Gasteiger partial charge in [0.1, 0.15) is 11.6 Å². The average Bonchev–Trinajstić information content (AvgIpc) is 3.32. The Morgan fingerprint density at radius 2 is 2.00 bits per heavy atom. The summed E-state index contributed by atoms with van der Waals surface area (Å²) in [4.78, 5) is 14.9. The Morgan fingerprint density at radius 3 is 2.77 bits per heavy atom. The Bertz CT molecular complexity index is 1230. The number of anilines is 1. The van der Waals surface area contributed by atoms with Gasteiger partial charge >= 0.3 is 0 Å². The highest BCUT2D eigenvalue weighted by Crippen LogP contribution is 2.40. The van der Waals surface area contributed by atoms with Gasteiger partial charge in [-0.25, -0.2) is 9.37 Å². The molecule has 0 unspecified atom stereocenters. The maximum atomic E-state index is 14.1. The minimum absolute atomic E-state index is 0.0910. The molecule has 30 heavy (non-hydrogen) atoms. The van der Waals surface area contributed by atoms with Crippen molar-refractivity contribution in [3.8, 4) is 22.5 Å². The first-order valence-corrected chi connectivity index (χ1v) is 10.3. The smallest absolute Gasteiger partial charge is 0.142 e. The number of H-pyrrole nitrogens is 1. The van der Waals surface area contributed by atoms with Gasteiger partial charge in [0, 0.05) is 42.1 Å². The van der Waals surface area contributed by atoms with Crippen LogP contribution >= 0.6 is 11.6 Å². The summed E-state index contributed by atoms with van der Waals surface area (Å²) >= 11 is 6.15. The summed E-state index contributed by atoms with van der Waals surface area (Å²) in [5.41, 5.74) is 12.5. The van der Waals surface area contributed by atoms with E-state index >= 15 is 0 Å². The molecule has 1 aliphatic heterocycles. The number of rotatable bonds is 3. The Morgan fingerprint density at radius 1 is 1.17 bits per heavy atom.